The zero-order chi connectivity index (χ0) is 16.0. The largest absolute Gasteiger partial charge is 0.465 e. The second-order valence-corrected chi connectivity index (χ2v) is 5.53. The average Bonchev–Trinajstić information content (AvgIpc) is 2.48. The summed E-state index contributed by atoms with van der Waals surface area (Å²) < 4.78 is 10.2. The minimum atomic E-state index is -1.19. The highest BCUT2D eigenvalue weighted by Crippen LogP contribution is 2.43. The lowest BCUT2D eigenvalue weighted by Crippen LogP contribution is -2.17. The maximum absolute atomic E-state index is 11.8. The molecule has 3 rings (SSSR count). The van der Waals surface area contributed by atoms with Crippen molar-refractivity contribution in [3.05, 3.63) is 45.6 Å². The number of esters is 1. The lowest BCUT2D eigenvalue weighted by molar-refractivity contribution is -0.0217. The Hall–Kier alpha value is -2.11. The summed E-state index contributed by atoms with van der Waals surface area (Å²) in [7, 11) is 1.30. The van der Waals surface area contributed by atoms with Gasteiger partial charge in [0.05, 0.1) is 24.1 Å². The number of carbonyl (C=O) groups excluding carboxylic acids is 1. The molecule has 1 aliphatic rings. The van der Waals surface area contributed by atoms with E-state index in [2.05, 4.69) is 4.98 Å². The van der Waals surface area contributed by atoms with Gasteiger partial charge in [-0.1, -0.05) is 11.6 Å². The summed E-state index contributed by atoms with van der Waals surface area (Å²) in [6.45, 7) is 3.57. The SMILES string of the molecule is COC(=O)c1cc2c(nc1C)-c1cc(Cl)c(C)cc1O[C@@H]2O. The molecule has 0 saturated heterocycles. The molecule has 2 aromatic rings. The molecule has 0 spiro atoms. The Bertz CT molecular complexity index is 788. The number of aryl methyl sites for hydroxylation is 2. The number of ether oxygens (including phenoxy) is 2. The molecule has 0 aliphatic carbocycles. The number of benzene rings is 1. The first kappa shape index (κ1) is 14.8. The van der Waals surface area contributed by atoms with Gasteiger partial charge in [-0.15, -0.1) is 0 Å². The predicted molar refractivity (Wildman–Crippen MR) is 81.1 cm³/mol. The summed E-state index contributed by atoms with van der Waals surface area (Å²) in [5.41, 5.74) is 3.32. The second-order valence-electron chi connectivity index (χ2n) is 5.12. The van der Waals surface area contributed by atoms with Gasteiger partial charge in [0.1, 0.15) is 5.75 Å². The van der Waals surface area contributed by atoms with E-state index in [9.17, 15) is 9.90 Å². The Morgan fingerprint density at radius 2 is 2.09 bits per heavy atom. The van der Waals surface area contributed by atoms with E-state index >= 15 is 0 Å². The zero-order valence-electron chi connectivity index (χ0n) is 12.3. The predicted octanol–water partition coefficient (Wildman–Crippen LogP) is 3.19. The summed E-state index contributed by atoms with van der Waals surface area (Å²) in [4.78, 5) is 16.2. The van der Waals surface area contributed by atoms with Gasteiger partial charge in [-0.3, -0.25) is 4.98 Å². The van der Waals surface area contributed by atoms with Gasteiger partial charge in [0.25, 0.3) is 0 Å². The lowest BCUT2D eigenvalue weighted by Gasteiger charge is -2.26. The number of hydrogen-bond donors (Lipinski definition) is 1. The quantitative estimate of drug-likeness (QED) is 0.818. The highest BCUT2D eigenvalue weighted by molar-refractivity contribution is 6.31. The van der Waals surface area contributed by atoms with Crippen molar-refractivity contribution in [1.82, 2.24) is 4.98 Å². The molecule has 1 N–H and O–H groups in total. The molecule has 0 unspecified atom stereocenters. The summed E-state index contributed by atoms with van der Waals surface area (Å²) in [5.74, 6) is 0.00681. The van der Waals surface area contributed by atoms with Crippen LogP contribution in [0, 0.1) is 13.8 Å². The second kappa shape index (κ2) is 5.26. The van der Waals surface area contributed by atoms with Crippen LogP contribution in [0.1, 0.15) is 33.5 Å². The monoisotopic (exact) mass is 319 g/mol. The Kier molecular flexibility index (Phi) is 3.54. The number of halogens is 1. The van der Waals surface area contributed by atoms with Crippen LogP contribution in [0.5, 0.6) is 5.75 Å². The number of carbonyl (C=O) groups is 1. The first-order chi connectivity index (χ1) is 10.4. The smallest absolute Gasteiger partial charge is 0.339 e. The van der Waals surface area contributed by atoms with Crippen LogP contribution in [0.15, 0.2) is 18.2 Å². The Balaban J connectivity index is 2.25. The average molecular weight is 320 g/mol. The van der Waals surface area contributed by atoms with Crippen molar-refractivity contribution in [3.8, 4) is 17.0 Å². The molecule has 1 aromatic carbocycles. The number of aliphatic hydroxyl groups excluding tert-OH is 1. The number of aromatic nitrogens is 1. The van der Waals surface area contributed by atoms with E-state index in [-0.39, 0.29) is 0 Å². The summed E-state index contributed by atoms with van der Waals surface area (Å²) in [6.07, 6.45) is -1.19. The molecule has 1 aliphatic heterocycles. The zero-order valence-corrected chi connectivity index (χ0v) is 13.1. The molecule has 114 valence electrons. The highest BCUT2D eigenvalue weighted by Gasteiger charge is 2.29. The van der Waals surface area contributed by atoms with Crippen LogP contribution in [0.25, 0.3) is 11.3 Å². The highest BCUT2D eigenvalue weighted by atomic mass is 35.5. The van der Waals surface area contributed by atoms with E-state index in [1.54, 1.807) is 25.1 Å². The lowest BCUT2D eigenvalue weighted by atomic mass is 9.98. The molecule has 6 heteroatoms. The molecule has 1 atom stereocenters. The first-order valence-corrected chi connectivity index (χ1v) is 7.05. The number of hydrogen-bond acceptors (Lipinski definition) is 5. The van der Waals surface area contributed by atoms with Crippen molar-refractivity contribution >= 4 is 17.6 Å². The van der Waals surface area contributed by atoms with E-state index in [1.807, 2.05) is 6.92 Å². The minimum Gasteiger partial charge on any atom is -0.465 e. The Morgan fingerprint density at radius 3 is 2.77 bits per heavy atom. The van der Waals surface area contributed by atoms with Gasteiger partial charge in [-0.2, -0.15) is 0 Å². The van der Waals surface area contributed by atoms with Crippen LogP contribution < -0.4 is 4.74 Å². The number of rotatable bonds is 1. The van der Waals surface area contributed by atoms with Crippen molar-refractivity contribution in [2.75, 3.05) is 7.11 Å². The van der Waals surface area contributed by atoms with Crippen molar-refractivity contribution in [2.24, 2.45) is 0 Å². The standard InChI is InChI=1S/C16H14ClNO4/c1-7-4-13-10(6-12(7)17)14-11(16(20)22-13)5-9(8(2)18-14)15(19)21-3/h4-6,16,20H,1-3H3/t16-/m0/s1. The molecule has 1 aromatic heterocycles. The van der Waals surface area contributed by atoms with Gasteiger partial charge in [0.2, 0.25) is 6.29 Å². The van der Waals surface area contributed by atoms with Gasteiger partial charge >= 0.3 is 5.97 Å². The van der Waals surface area contributed by atoms with Gasteiger partial charge in [-0.25, -0.2) is 4.79 Å². The summed E-state index contributed by atoms with van der Waals surface area (Å²) >= 11 is 6.17. The molecule has 0 bridgehead atoms. The van der Waals surface area contributed by atoms with E-state index in [1.165, 1.54) is 7.11 Å². The fourth-order valence-corrected chi connectivity index (χ4v) is 2.63. The van der Waals surface area contributed by atoms with Gasteiger partial charge in [0.15, 0.2) is 0 Å². The topological polar surface area (TPSA) is 68.7 Å². The molecular weight excluding hydrogens is 306 g/mol. The Labute approximate surface area is 132 Å². The number of pyridine rings is 1. The third-order valence-corrected chi connectivity index (χ3v) is 4.08. The summed E-state index contributed by atoms with van der Waals surface area (Å²) in [6, 6.07) is 5.06. The molecule has 5 nitrogen and oxygen atoms in total. The molecule has 0 radical (unpaired) electrons. The van der Waals surface area contributed by atoms with Crippen molar-refractivity contribution in [2.45, 2.75) is 20.1 Å². The van der Waals surface area contributed by atoms with Gasteiger partial charge in [0, 0.05) is 16.1 Å². The fraction of sp³-hybridized carbons (Fsp3) is 0.250. The molecular formula is C16H14ClNO4. The maximum atomic E-state index is 11.8. The number of nitrogens with zero attached hydrogens (tertiary/aromatic N) is 1. The maximum Gasteiger partial charge on any atom is 0.339 e. The number of aliphatic hydroxyl groups is 1. The number of fused-ring (bicyclic) bond motifs is 3. The van der Waals surface area contributed by atoms with Crippen LogP contribution in [0.4, 0.5) is 0 Å². The molecule has 0 fully saturated rings. The fourth-order valence-electron chi connectivity index (χ4n) is 2.46. The molecule has 0 amide bonds. The first-order valence-electron chi connectivity index (χ1n) is 6.67. The van der Waals surface area contributed by atoms with E-state index in [0.29, 0.717) is 38.9 Å². The Morgan fingerprint density at radius 1 is 1.36 bits per heavy atom. The third-order valence-electron chi connectivity index (χ3n) is 3.67. The van der Waals surface area contributed by atoms with Crippen LogP contribution in [-0.4, -0.2) is 23.2 Å². The molecule has 2 heterocycles. The van der Waals surface area contributed by atoms with E-state index in [4.69, 9.17) is 21.1 Å². The van der Waals surface area contributed by atoms with Gasteiger partial charge < -0.3 is 14.6 Å². The minimum absolute atomic E-state index is 0.297. The summed E-state index contributed by atoms with van der Waals surface area (Å²) in [5, 5.41) is 10.8. The van der Waals surface area contributed by atoms with Crippen LogP contribution in [-0.2, 0) is 4.74 Å². The van der Waals surface area contributed by atoms with Crippen molar-refractivity contribution < 1.29 is 19.4 Å². The molecule has 0 saturated carbocycles. The normalized spacial score (nSPS) is 15.6. The van der Waals surface area contributed by atoms with Crippen LogP contribution in [0.3, 0.4) is 0 Å². The number of methoxy groups -OCH3 is 1. The van der Waals surface area contributed by atoms with Crippen LogP contribution >= 0.6 is 11.6 Å². The third kappa shape index (κ3) is 2.23. The van der Waals surface area contributed by atoms with Gasteiger partial charge in [-0.05, 0) is 37.6 Å². The molecule has 22 heavy (non-hydrogen) atoms. The van der Waals surface area contributed by atoms with Crippen molar-refractivity contribution in [1.29, 1.82) is 0 Å². The van der Waals surface area contributed by atoms with E-state index < -0.39 is 12.3 Å². The van der Waals surface area contributed by atoms with Crippen molar-refractivity contribution in [3.63, 3.8) is 0 Å². The van der Waals surface area contributed by atoms with E-state index in [0.717, 1.165) is 5.56 Å². The van der Waals surface area contributed by atoms with Crippen LogP contribution in [0.2, 0.25) is 5.02 Å².